The Morgan fingerprint density at radius 3 is 2.45 bits per heavy atom. The summed E-state index contributed by atoms with van der Waals surface area (Å²) in [6.45, 7) is 2.53. The molecule has 4 heteroatoms. The minimum Gasteiger partial charge on any atom is -0.409 e. The van der Waals surface area contributed by atoms with Gasteiger partial charge in [0.05, 0.1) is 5.52 Å². The molecule has 1 heterocycles. The van der Waals surface area contributed by atoms with Crippen LogP contribution in [0.4, 0.5) is 0 Å². The maximum absolute atomic E-state index is 6.03. The third kappa shape index (κ3) is 2.62. The van der Waals surface area contributed by atoms with E-state index in [9.17, 15) is 0 Å². The van der Waals surface area contributed by atoms with Crippen molar-refractivity contribution in [3.8, 4) is 0 Å². The van der Waals surface area contributed by atoms with Crippen molar-refractivity contribution in [2.24, 2.45) is 0 Å². The molecule has 0 amide bonds. The van der Waals surface area contributed by atoms with Crippen molar-refractivity contribution < 1.29 is 4.84 Å². The first-order chi connectivity index (χ1) is 9.63. The van der Waals surface area contributed by atoms with Gasteiger partial charge in [-0.2, -0.15) is 4.73 Å². The zero-order chi connectivity index (χ0) is 14.1. The number of nitrogens with zero attached hydrogens (tertiary/aromatic N) is 1. The van der Waals surface area contributed by atoms with E-state index in [4.69, 9.17) is 28.0 Å². The quantitative estimate of drug-likeness (QED) is 0.672. The lowest BCUT2D eigenvalue weighted by Gasteiger charge is -2.08. The van der Waals surface area contributed by atoms with E-state index >= 15 is 0 Å². The highest BCUT2D eigenvalue weighted by Crippen LogP contribution is 2.24. The molecule has 0 N–H and O–H groups in total. The summed E-state index contributed by atoms with van der Waals surface area (Å²) in [4.78, 5) is 5.84. The number of aromatic nitrogens is 1. The van der Waals surface area contributed by atoms with Crippen LogP contribution in [-0.4, -0.2) is 4.73 Å². The maximum atomic E-state index is 6.03. The molecule has 0 aliphatic rings. The number of benzene rings is 2. The second kappa shape index (κ2) is 5.39. The molecule has 102 valence electrons. The van der Waals surface area contributed by atoms with Gasteiger partial charge in [0, 0.05) is 21.6 Å². The SMILES string of the molecule is Cc1cn(OCc2ccc(Cl)cc2)c2ccc(Cl)cc12. The molecule has 0 fully saturated rings. The van der Waals surface area contributed by atoms with Crippen molar-refractivity contribution in [1.82, 2.24) is 4.73 Å². The molecular weight excluding hydrogens is 293 g/mol. The Bertz CT molecular complexity index is 747. The number of hydrogen-bond acceptors (Lipinski definition) is 1. The van der Waals surface area contributed by atoms with E-state index in [0.29, 0.717) is 6.61 Å². The molecule has 0 unspecified atom stereocenters. The first-order valence-electron chi connectivity index (χ1n) is 6.28. The van der Waals surface area contributed by atoms with E-state index < -0.39 is 0 Å². The fourth-order valence-electron chi connectivity index (χ4n) is 2.16. The van der Waals surface area contributed by atoms with E-state index in [1.807, 2.05) is 55.6 Å². The Morgan fingerprint density at radius 1 is 1.00 bits per heavy atom. The molecule has 0 saturated carbocycles. The van der Waals surface area contributed by atoms with E-state index in [2.05, 4.69) is 0 Å². The summed E-state index contributed by atoms with van der Waals surface area (Å²) in [6.07, 6.45) is 1.97. The standard InChI is InChI=1S/C16H13Cl2NO/c1-11-9-19(16-7-6-14(18)8-15(11)16)20-10-12-2-4-13(17)5-3-12/h2-9H,10H2,1H3. The second-order valence-corrected chi connectivity index (χ2v) is 5.57. The normalized spacial score (nSPS) is 10.9. The van der Waals surface area contributed by atoms with Gasteiger partial charge in [0.25, 0.3) is 0 Å². The van der Waals surface area contributed by atoms with Gasteiger partial charge in [0.15, 0.2) is 0 Å². The average Bonchev–Trinajstić information content (AvgIpc) is 2.74. The summed E-state index contributed by atoms with van der Waals surface area (Å²) in [5, 5.41) is 2.57. The Kier molecular flexibility index (Phi) is 3.60. The molecule has 2 nitrogen and oxygen atoms in total. The Hall–Kier alpha value is -1.64. The lowest BCUT2D eigenvalue weighted by atomic mass is 10.2. The monoisotopic (exact) mass is 305 g/mol. The summed E-state index contributed by atoms with van der Waals surface area (Å²) in [5.41, 5.74) is 3.22. The predicted octanol–water partition coefficient (Wildman–Crippen LogP) is 4.89. The summed E-state index contributed by atoms with van der Waals surface area (Å²) in [7, 11) is 0. The second-order valence-electron chi connectivity index (χ2n) is 4.70. The van der Waals surface area contributed by atoms with Crippen LogP contribution in [0, 0.1) is 6.92 Å². The van der Waals surface area contributed by atoms with Crippen LogP contribution in [0.15, 0.2) is 48.7 Å². The Labute approximate surface area is 127 Å². The number of fused-ring (bicyclic) bond motifs is 1. The minimum absolute atomic E-state index is 0.489. The van der Waals surface area contributed by atoms with Crippen LogP contribution in [0.2, 0.25) is 10.0 Å². The summed E-state index contributed by atoms with van der Waals surface area (Å²) in [6, 6.07) is 13.4. The van der Waals surface area contributed by atoms with Crippen molar-refractivity contribution in [2.75, 3.05) is 0 Å². The van der Waals surface area contributed by atoms with Gasteiger partial charge in [-0.25, -0.2) is 0 Å². The van der Waals surface area contributed by atoms with Gasteiger partial charge in [-0.15, -0.1) is 0 Å². The topological polar surface area (TPSA) is 14.2 Å². The zero-order valence-electron chi connectivity index (χ0n) is 10.9. The lowest BCUT2D eigenvalue weighted by Crippen LogP contribution is -2.09. The van der Waals surface area contributed by atoms with Crippen LogP contribution in [0.5, 0.6) is 0 Å². The van der Waals surface area contributed by atoms with Gasteiger partial charge >= 0.3 is 0 Å². The van der Waals surface area contributed by atoms with Crippen LogP contribution in [0.1, 0.15) is 11.1 Å². The van der Waals surface area contributed by atoms with Gasteiger partial charge in [-0.3, -0.25) is 0 Å². The first-order valence-corrected chi connectivity index (χ1v) is 7.04. The molecule has 0 saturated heterocycles. The van der Waals surface area contributed by atoms with Crippen molar-refractivity contribution in [3.05, 3.63) is 69.8 Å². The van der Waals surface area contributed by atoms with Crippen molar-refractivity contribution in [3.63, 3.8) is 0 Å². The molecule has 0 aliphatic heterocycles. The van der Waals surface area contributed by atoms with E-state index in [1.165, 1.54) is 0 Å². The van der Waals surface area contributed by atoms with E-state index in [-0.39, 0.29) is 0 Å². The fourth-order valence-corrected chi connectivity index (χ4v) is 2.46. The summed E-state index contributed by atoms with van der Waals surface area (Å²) in [5.74, 6) is 0. The van der Waals surface area contributed by atoms with Crippen molar-refractivity contribution in [2.45, 2.75) is 13.5 Å². The minimum atomic E-state index is 0.489. The van der Waals surface area contributed by atoms with E-state index in [1.54, 1.807) is 4.73 Å². The zero-order valence-corrected chi connectivity index (χ0v) is 12.4. The van der Waals surface area contributed by atoms with Crippen molar-refractivity contribution in [1.29, 1.82) is 0 Å². The third-order valence-electron chi connectivity index (χ3n) is 3.22. The highest BCUT2D eigenvalue weighted by molar-refractivity contribution is 6.31. The van der Waals surface area contributed by atoms with Crippen LogP contribution >= 0.6 is 23.2 Å². The Morgan fingerprint density at radius 2 is 1.70 bits per heavy atom. The molecule has 0 radical (unpaired) electrons. The van der Waals surface area contributed by atoms with Crippen LogP contribution < -0.4 is 4.84 Å². The lowest BCUT2D eigenvalue weighted by molar-refractivity contribution is 0.107. The van der Waals surface area contributed by atoms with Crippen LogP contribution in [-0.2, 0) is 6.61 Å². The molecule has 0 atom stereocenters. The highest BCUT2D eigenvalue weighted by atomic mass is 35.5. The van der Waals surface area contributed by atoms with Gasteiger partial charge < -0.3 is 4.84 Å². The largest absolute Gasteiger partial charge is 0.409 e. The molecule has 3 aromatic rings. The summed E-state index contributed by atoms with van der Waals surface area (Å²) >= 11 is 11.9. The fraction of sp³-hybridized carbons (Fsp3) is 0.125. The molecule has 2 aromatic carbocycles. The summed E-state index contributed by atoms with van der Waals surface area (Å²) < 4.78 is 1.79. The van der Waals surface area contributed by atoms with Crippen LogP contribution in [0.3, 0.4) is 0 Å². The van der Waals surface area contributed by atoms with Crippen molar-refractivity contribution >= 4 is 34.1 Å². The van der Waals surface area contributed by atoms with Crippen LogP contribution in [0.25, 0.3) is 10.9 Å². The molecule has 0 spiro atoms. The van der Waals surface area contributed by atoms with Gasteiger partial charge in [0.2, 0.25) is 0 Å². The molecule has 3 rings (SSSR count). The van der Waals surface area contributed by atoms with Gasteiger partial charge in [-0.1, -0.05) is 35.3 Å². The van der Waals surface area contributed by atoms with Gasteiger partial charge in [-0.05, 0) is 48.4 Å². The molecule has 0 aliphatic carbocycles. The third-order valence-corrected chi connectivity index (χ3v) is 3.70. The highest BCUT2D eigenvalue weighted by Gasteiger charge is 2.07. The molecule has 0 bridgehead atoms. The maximum Gasteiger partial charge on any atom is 0.140 e. The van der Waals surface area contributed by atoms with Gasteiger partial charge in [0.1, 0.15) is 6.61 Å². The number of rotatable bonds is 3. The predicted molar refractivity (Wildman–Crippen MR) is 83.4 cm³/mol. The average molecular weight is 306 g/mol. The number of aryl methyl sites for hydroxylation is 1. The first kappa shape index (κ1) is 13.3. The Balaban J connectivity index is 1.86. The smallest absolute Gasteiger partial charge is 0.140 e. The number of halogens is 2. The molecule has 1 aromatic heterocycles. The van der Waals surface area contributed by atoms with E-state index in [0.717, 1.165) is 32.1 Å². The molecule has 20 heavy (non-hydrogen) atoms. The molecular formula is C16H13Cl2NO. The number of hydrogen-bond donors (Lipinski definition) is 0.